The standard InChI is InChI=1S/C30H28Cl2N2O4/c1-3-6-20(23-14-11-21(31)15-26(23)32)17-33-29(35)18-38-30(36)25-16-28(19-9-12-22(37-2)13-10-19)34-27-8-5-4-7-24(25)27/h4-5,7-16,20H,3,6,17-18H2,1-2H3,(H,33,35). The number of carbonyl (C=O) groups excluding carboxylic acids is 2. The summed E-state index contributed by atoms with van der Waals surface area (Å²) < 4.78 is 10.7. The number of rotatable bonds is 10. The first kappa shape index (κ1) is 27.4. The summed E-state index contributed by atoms with van der Waals surface area (Å²) in [5.41, 5.74) is 3.35. The SMILES string of the molecule is CCCC(CNC(=O)COC(=O)c1cc(-c2ccc(OC)cc2)nc2ccccc12)c1ccc(Cl)cc1Cl. The van der Waals surface area contributed by atoms with Gasteiger partial charge in [0.05, 0.1) is 23.9 Å². The van der Waals surface area contributed by atoms with E-state index in [4.69, 9.17) is 37.7 Å². The van der Waals surface area contributed by atoms with Crippen molar-refractivity contribution in [1.29, 1.82) is 0 Å². The lowest BCUT2D eigenvalue weighted by Gasteiger charge is -2.19. The van der Waals surface area contributed by atoms with Gasteiger partial charge in [0.25, 0.3) is 5.91 Å². The van der Waals surface area contributed by atoms with Gasteiger partial charge in [0.1, 0.15) is 5.75 Å². The van der Waals surface area contributed by atoms with Crippen molar-refractivity contribution in [3.63, 3.8) is 0 Å². The van der Waals surface area contributed by atoms with Crippen LogP contribution in [0.1, 0.15) is 41.6 Å². The van der Waals surface area contributed by atoms with E-state index >= 15 is 0 Å². The number of nitrogens with one attached hydrogen (secondary N) is 1. The van der Waals surface area contributed by atoms with Crippen LogP contribution in [0.4, 0.5) is 0 Å². The second-order valence-corrected chi connectivity index (χ2v) is 9.68. The fourth-order valence-corrected chi connectivity index (χ4v) is 4.86. The van der Waals surface area contributed by atoms with Crippen LogP contribution in [0.2, 0.25) is 10.0 Å². The fourth-order valence-electron chi connectivity index (χ4n) is 4.30. The number of ether oxygens (including phenoxy) is 2. The van der Waals surface area contributed by atoms with Crippen LogP contribution < -0.4 is 10.1 Å². The molecule has 38 heavy (non-hydrogen) atoms. The number of hydrogen-bond acceptors (Lipinski definition) is 5. The van der Waals surface area contributed by atoms with E-state index in [-0.39, 0.29) is 5.92 Å². The summed E-state index contributed by atoms with van der Waals surface area (Å²) >= 11 is 12.4. The molecule has 8 heteroatoms. The maximum Gasteiger partial charge on any atom is 0.339 e. The van der Waals surface area contributed by atoms with E-state index in [0.29, 0.717) is 38.8 Å². The van der Waals surface area contributed by atoms with Crippen LogP contribution in [0.5, 0.6) is 5.75 Å². The van der Waals surface area contributed by atoms with Crippen LogP contribution in [-0.4, -0.2) is 37.1 Å². The third-order valence-electron chi connectivity index (χ3n) is 6.24. The first-order valence-corrected chi connectivity index (χ1v) is 13.1. The molecule has 0 aliphatic rings. The molecule has 0 saturated carbocycles. The Kier molecular flexibility index (Phi) is 9.21. The lowest BCUT2D eigenvalue weighted by Crippen LogP contribution is -2.32. The number of methoxy groups -OCH3 is 1. The summed E-state index contributed by atoms with van der Waals surface area (Å²) in [6, 6.07) is 21.8. The Morgan fingerprint density at radius 3 is 2.47 bits per heavy atom. The number of para-hydroxylation sites is 1. The minimum absolute atomic E-state index is 0.0145. The highest BCUT2D eigenvalue weighted by Crippen LogP contribution is 2.30. The van der Waals surface area contributed by atoms with Gasteiger partial charge in [0.15, 0.2) is 6.61 Å². The Morgan fingerprint density at radius 1 is 1.00 bits per heavy atom. The second-order valence-electron chi connectivity index (χ2n) is 8.83. The fraction of sp³-hybridized carbons (Fsp3) is 0.233. The van der Waals surface area contributed by atoms with Gasteiger partial charge >= 0.3 is 5.97 Å². The summed E-state index contributed by atoms with van der Waals surface area (Å²) in [6.45, 7) is 2.03. The molecule has 1 atom stereocenters. The zero-order chi connectivity index (χ0) is 27.1. The van der Waals surface area contributed by atoms with Crippen LogP contribution in [-0.2, 0) is 9.53 Å². The molecule has 4 rings (SSSR count). The van der Waals surface area contributed by atoms with E-state index in [1.807, 2.05) is 54.6 Å². The molecule has 4 aromatic rings. The topological polar surface area (TPSA) is 77.5 Å². The summed E-state index contributed by atoms with van der Waals surface area (Å²) in [4.78, 5) is 30.4. The van der Waals surface area contributed by atoms with Gasteiger partial charge in [-0.1, -0.05) is 60.8 Å². The summed E-state index contributed by atoms with van der Waals surface area (Å²) in [7, 11) is 1.60. The molecule has 0 spiro atoms. The number of carbonyl (C=O) groups is 2. The van der Waals surface area contributed by atoms with Crippen molar-refractivity contribution in [1.82, 2.24) is 10.3 Å². The average Bonchev–Trinajstić information content (AvgIpc) is 2.93. The summed E-state index contributed by atoms with van der Waals surface area (Å²) in [5.74, 6) is -0.252. The minimum Gasteiger partial charge on any atom is -0.497 e. The van der Waals surface area contributed by atoms with E-state index < -0.39 is 18.5 Å². The normalized spacial score (nSPS) is 11.7. The maximum absolute atomic E-state index is 13.1. The molecule has 0 aliphatic carbocycles. The Morgan fingerprint density at radius 2 is 1.76 bits per heavy atom. The first-order valence-electron chi connectivity index (χ1n) is 12.3. The molecule has 0 aliphatic heterocycles. The molecule has 0 fully saturated rings. The summed E-state index contributed by atoms with van der Waals surface area (Å²) in [5, 5.41) is 4.64. The van der Waals surface area contributed by atoms with Gasteiger partial charge < -0.3 is 14.8 Å². The van der Waals surface area contributed by atoms with Crippen molar-refractivity contribution in [3.05, 3.63) is 94.0 Å². The minimum atomic E-state index is -0.598. The molecule has 1 aromatic heterocycles. The number of halogens is 2. The monoisotopic (exact) mass is 550 g/mol. The zero-order valence-corrected chi connectivity index (χ0v) is 22.7. The van der Waals surface area contributed by atoms with Gasteiger partial charge in [-0.2, -0.15) is 0 Å². The van der Waals surface area contributed by atoms with Gasteiger partial charge in [-0.25, -0.2) is 9.78 Å². The lowest BCUT2D eigenvalue weighted by molar-refractivity contribution is -0.124. The molecular formula is C30H28Cl2N2O4. The third kappa shape index (κ3) is 6.63. The molecular weight excluding hydrogens is 523 g/mol. The number of fused-ring (bicyclic) bond motifs is 1. The predicted octanol–water partition coefficient (Wildman–Crippen LogP) is 7.07. The van der Waals surface area contributed by atoms with E-state index in [1.165, 1.54) is 0 Å². The molecule has 0 saturated heterocycles. The first-order chi connectivity index (χ1) is 18.4. The number of nitrogens with zero attached hydrogens (tertiary/aromatic N) is 1. The molecule has 1 unspecified atom stereocenters. The van der Waals surface area contributed by atoms with Crippen LogP contribution in [0.25, 0.3) is 22.2 Å². The largest absolute Gasteiger partial charge is 0.497 e. The summed E-state index contributed by atoms with van der Waals surface area (Å²) in [6.07, 6.45) is 1.75. The highest BCUT2D eigenvalue weighted by molar-refractivity contribution is 6.35. The van der Waals surface area contributed by atoms with E-state index in [0.717, 1.165) is 29.7 Å². The number of aromatic nitrogens is 1. The lowest BCUT2D eigenvalue weighted by atomic mass is 9.94. The molecule has 1 N–H and O–H groups in total. The second kappa shape index (κ2) is 12.8. The van der Waals surface area contributed by atoms with Crippen molar-refractivity contribution >= 4 is 46.0 Å². The van der Waals surface area contributed by atoms with Gasteiger partial charge in [-0.05, 0) is 60.5 Å². The maximum atomic E-state index is 13.1. The highest BCUT2D eigenvalue weighted by Gasteiger charge is 2.19. The van der Waals surface area contributed by atoms with Gasteiger partial charge in [-0.15, -0.1) is 0 Å². The quantitative estimate of drug-likeness (QED) is 0.213. The molecule has 0 radical (unpaired) electrons. The number of amides is 1. The van der Waals surface area contributed by atoms with E-state index in [2.05, 4.69) is 12.2 Å². The number of benzene rings is 3. The zero-order valence-electron chi connectivity index (χ0n) is 21.2. The Hall–Kier alpha value is -3.61. The van der Waals surface area contributed by atoms with Gasteiger partial charge in [0.2, 0.25) is 0 Å². The molecule has 6 nitrogen and oxygen atoms in total. The van der Waals surface area contributed by atoms with Crippen molar-refractivity contribution in [3.8, 4) is 17.0 Å². The Balaban J connectivity index is 1.46. The smallest absolute Gasteiger partial charge is 0.339 e. The van der Waals surface area contributed by atoms with Crippen molar-refractivity contribution in [2.75, 3.05) is 20.3 Å². The van der Waals surface area contributed by atoms with Crippen molar-refractivity contribution < 1.29 is 19.1 Å². The highest BCUT2D eigenvalue weighted by atomic mass is 35.5. The van der Waals surface area contributed by atoms with E-state index in [9.17, 15) is 9.59 Å². The molecule has 1 heterocycles. The van der Waals surface area contributed by atoms with Crippen LogP contribution in [0, 0.1) is 0 Å². The van der Waals surface area contributed by atoms with Gasteiger partial charge in [-0.3, -0.25) is 4.79 Å². The molecule has 0 bridgehead atoms. The molecule has 1 amide bonds. The predicted molar refractivity (Wildman–Crippen MR) is 151 cm³/mol. The van der Waals surface area contributed by atoms with Crippen LogP contribution >= 0.6 is 23.2 Å². The van der Waals surface area contributed by atoms with Crippen LogP contribution in [0.3, 0.4) is 0 Å². The van der Waals surface area contributed by atoms with Crippen molar-refractivity contribution in [2.45, 2.75) is 25.7 Å². The average molecular weight is 551 g/mol. The third-order valence-corrected chi connectivity index (χ3v) is 6.80. The van der Waals surface area contributed by atoms with Crippen LogP contribution in [0.15, 0.2) is 72.8 Å². The number of pyridine rings is 1. The molecule has 196 valence electrons. The Bertz CT molecular complexity index is 1440. The van der Waals surface area contributed by atoms with Gasteiger partial charge in [0, 0.05) is 33.5 Å². The van der Waals surface area contributed by atoms with E-state index in [1.54, 1.807) is 25.3 Å². The van der Waals surface area contributed by atoms with Crippen molar-refractivity contribution in [2.24, 2.45) is 0 Å². The Labute approximate surface area is 231 Å². The number of hydrogen-bond donors (Lipinski definition) is 1. The molecule has 3 aromatic carbocycles. The number of esters is 1.